The smallest absolute Gasteiger partial charge is 0.305 e. The molecule has 0 amide bonds. The lowest BCUT2D eigenvalue weighted by Gasteiger charge is -2.11. The van der Waals surface area contributed by atoms with Crippen molar-refractivity contribution in [3.63, 3.8) is 0 Å². The molecule has 1 atom stereocenters. The zero-order valence-electron chi connectivity index (χ0n) is 10.4. The number of esters is 1. The third-order valence-corrected chi connectivity index (χ3v) is 3.01. The summed E-state index contributed by atoms with van der Waals surface area (Å²) in [5.74, 6) is 0.429. The van der Waals surface area contributed by atoms with Crippen molar-refractivity contribution in [2.24, 2.45) is 5.92 Å². The van der Waals surface area contributed by atoms with Gasteiger partial charge in [-0.05, 0) is 42.9 Å². The molecule has 0 fully saturated rings. The minimum atomic E-state index is -0.125. The molecule has 3 heteroatoms. The fourth-order valence-electron chi connectivity index (χ4n) is 1.87. The number of rotatable bonds is 6. The molecule has 0 heterocycles. The molecule has 0 saturated heterocycles. The SMILES string of the molecule is COC(=O)CCCC(C)Cc1cccc(Cl)c1. The van der Waals surface area contributed by atoms with E-state index >= 15 is 0 Å². The number of ether oxygens (including phenoxy) is 1. The van der Waals surface area contributed by atoms with Gasteiger partial charge in [0.25, 0.3) is 0 Å². The average molecular weight is 255 g/mol. The van der Waals surface area contributed by atoms with Gasteiger partial charge in [-0.25, -0.2) is 0 Å². The fraction of sp³-hybridized carbons (Fsp3) is 0.500. The van der Waals surface area contributed by atoms with Gasteiger partial charge in [0.2, 0.25) is 0 Å². The molecular formula is C14H19ClO2. The van der Waals surface area contributed by atoms with Crippen molar-refractivity contribution < 1.29 is 9.53 Å². The molecule has 2 nitrogen and oxygen atoms in total. The number of halogens is 1. The second-order valence-corrected chi connectivity index (χ2v) is 4.84. The predicted octanol–water partition coefficient (Wildman–Crippen LogP) is 3.86. The largest absolute Gasteiger partial charge is 0.469 e. The Balaban J connectivity index is 2.29. The molecule has 0 saturated carbocycles. The van der Waals surface area contributed by atoms with Crippen LogP contribution >= 0.6 is 11.6 Å². The van der Waals surface area contributed by atoms with Crippen LogP contribution in [0, 0.1) is 5.92 Å². The Morgan fingerprint density at radius 1 is 1.47 bits per heavy atom. The van der Waals surface area contributed by atoms with Crippen molar-refractivity contribution in [1.29, 1.82) is 0 Å². The highest BCUT2D eigenvalue weighted by Gasteiger charge is 2.06. The summed E-state index contributed by atoms with van der Waals surface area (Å²) in [5.41, 5.74) is 1.25. The first-order valence-electron chi connectivity index (χ1n) is 5.93. The maximum Gasteiger partial charge on any atom is 0.305 e. The van der Waals surface area contributed by atoms with Gasteiger partial charge >= 0.3 is 5.97 Å². The summed E-state index contributed by atoms with van der Waals surface area (Å²) in [6, 6.07) is 7.94. The highest BCUT2D eigenvalue weighted by molar-refractivity contribution is 6.30. The molecule has 0 spiro atoms. The molecule has 1 aromatic carbocycles. The van der Waals surface area contributed by atoms with E-state index in [1.165, 1.54) is 12.7 Å². The van der Waals surface area contributed by atoms with E-state index in [4.69, 9.17) is 11.6 Å². The molecule has 1 aromatic rings. The van der Waals surface area contributed by atoms with Crippen LogP contribution < -0.4 is 0 Å². The van der Waals surface area contributed by atoms with E-state index in [-0.39, 0.29) is 5.97 Å². The minimum Gasteiger partial charge on any atom is -0.469 e. The van der Waals surface area contributed by atoms with Gasteiger partial charge in [-0.3, -0.25) is 4.79 Å². The van der Waals surface area contributed by atoms with Crippen molar-refractivity contribution in [3.8, 4) is 0 Å². The van der Waals surface area contributed by atoms with Crippen molar-refractivity contribution in [3.05, 3.63) is 34.9 Å². The van der Waals surface area contributed by atoms with Crippen LogP contribution in [0.2, 0.25) is 5.02 Å². The number of carbonyl (C=O) groups is 1. The molecule has 1 rings (SSSR count). The van der Waals surface area contributed by atoms with Crippen LogP contribution in [0.1, 0.15) is 31.7 Å². The Bertz CT molecular complexity index is 363. The Morgan fingerprint density at radius 2 is 2.24 bits per heavy atom. The van der Waals surface area contributed by atoms with Gasteiger partial charge in [-0.15, -0.1) is 0 Å². The Hall–Kier alpha value is -1.02. The first-order chi connectivity index (χ1) is 8.11. The molecule has 0 radical (unpaired) electrons. The average Bonchev–Trinajstić information content (AvgIpc) is 2.28. The van der Waals surface area contributed by atoms with Crippen molar-refractivity contribution in [2.45, 2.75) is 32.6 Å². The van der Waals surface area contributed by atoms with Crippen LogP contribution in [0.3, 0.4) is 0 Å². The van der Waals surface area contributed by atoms with E-state index in [1.54, 1.807) is 0 Å². The van der Waals surface area contributed by atoms with Gasteiger partial charge in [-0.2, -0.15) is 0 Å². The van der Waals surface area contributed by atoms with Crippen molar-refractivity contribution in [1.82, 2.24) is 0 Å². The van der Waals surface area contributed by atoms with E-state index in [1.807, 2.05) is 18.2 Å². The Kier molecular flexibility index (Phi) is 6.06. The molecule has 0 aliphatic rings. The lowest BCUT2D eigenvalue weighted by atomic mass is 9.96. The van der Waals surface area contributed by atoms with E-state index in [0.717, 1.165) is 24.3 Å². The van der Waals surface area contributed by atoms with E-state index in [9.17, 15) is 4.79 Å². The van der Waals surface area contributed by atoms with Gasteiger partial charge in [0, 0.05) is 11.4 Å². The summed E-state index contributed by atoms with van der Waals surface area (Å²) in [4.78, 5) is 11.0. The second-order valence-electron chi connectivity index (χ2n) is 4.41. The zero-order valence-corrected chi connectivity index (χ0v) is 11.2. The normalized spacial score (nSPS) is 12.2. The molecule has 17 heavy (non-hydrogen) atoms. The highest BCUT2D eigenvalue weighted by atomic mass is 35.5. The van der Waals surface area contributed by atoms with Crippen molar-refractivity contribution >= 4 is 17.6 Å². The van der Waals surface area contributed by atoms with E-state index in [2.05, 4.69) is 17.7 Å². The van der Waals surface area contributed by atoms with Crippen LogP contribution in [-0.2, 0) is 16.0 Å². The van der Waals surface area contributed by atoms with Crippen LogP contribution in [0.5, 0.6) is 0 Å². The van der Waals surface area contributed by atoms with E-state index in [0.29, 0.717) is 12.3 Å². The van der Waals surface area contributed by atoms with Crippen LogP contribution in [-0.4, -0.2) is 13.1 Å². The molecule has 0 aliphatic heterocycles. The molecule has 0 aliphatic carbocycles. The van der Waals surface area contributed by atoms with Crippen LogP contribution in [0.25, 0.3) is 0 Å². The topological polar surface area (TPSA) is 26.3 Å². The standard InChI is InChI=1S/C14H19ClO2/c1-11(5-3-8-14(16)17-2)9-12-6-4-7-13(15)10-12/h4,6-7,10-11H,3,5,8-9H2,1-2H3. The molecular weight excluding hydrogens is 236 g/mol. The molecule has 0 N–H and O–H groups in total. The minimum absolute atomic E-state index is 0.125. The Morgan fingerprint density at radius 3 is 2.88 bits per heavy atom. The monoisotopic (exact) mass is 254 g/mol. The van der Waals surface area contributed by atoms with E-state index < -0.39 is 0 Å². The highest BCUT2D eigenvalue weighted by Crippen LogP contribution is 2.17. The van der Waals surface area contributed by atoms with Gasteiger partial charge in [0.1, 0.15) is 0 Å². The third kappa shape index (κ3) is 5.73. The van der Waals surface area contributed by atoms with Gasteiger partial charge in [-0.1, -0.05) is 30.7 Å². The summed E-state index contributed by atoms with van der Waals surface area (Å²) in [6.07, 6.45) is 3.42. The van der Waals surface area contributed by atoms with Gasteiger partial charge < -0.3 is 4.74 Å². The lowest BCUT2D eigenvalue weighted by molar-refractivity contribution is -0.140. The quantitative estimate of drug-likeness (QED) is 0.721. The number of carbonyl (C=O) groups excluding carboxylic acids is 1. The summed E-state index contributed by atoms with van der Waals surface area (Å²) < 4.78 is 4.61. The lowest BCUT2D eigenvalue weighted by Crippen LogP contribution is -2.04. The maximum absolute atomic E-state index is 11.0. The number of benzene rings is 1. The molecule has 1 unspecified atom stereocenters. The third-order valence-electron chi connectivity index (χ3n) is 2.78. The summed E-state index contributed by atoms with van der Waals surface area (Å²) >= 11 is 5.93. The van der Waals surface area contributed by atoms with Crippen LogP contribution in [0.15, 0.2) is 24.3 Å². The predicted molar refractivity (Wildman–Crippen MR) is 70.2 cm³/mol. The zero-order chi connectivity index (χ0) is 12.7. The van der Waals surface area contributed by atoms with Crippen molar-refractivity contribution in [2.75, 3.05) is 7.11 Å². The Labute approximate surface area is 108 Å². The van der Waals surface area contributed by atoms with Crippen LogP contribution in [0.4, 0.5) is 0 Å². The summed E-state index contributed by atoms with van der Waals surface area (Å²) in [7, 11) is 1.43. The van der Waals surface area contributed by atoms with Gasteiger partial charge in [0.15, 0.2) is 0 Å². The number of hydrogen-bond donors (Lipinski definition) is 0. The second kappa shape index (κ2) is 7.33. The molecule has 0 bridgehead atoms. The number of hydrogen-bond acceptors (Lipinski definition) is 2. The molecule has 0 aromatic heterocycles. The summed E-state index contributed by atoms with van der Waals surface area (Å²) in [5, 5.41) is 0.782. The first kappa shape index (κ1) is 14.0. The maximum atomic E-state index is 11.0. The first-order valence-corrected chi connectivity index (χ1v) is 6.31. The molecule has 94 valence electrons. The number of methoxy groups -OCH3 is 1. The van der Waals surface area contributed by atoms with Gasteiger partial charge in [0.05, 0.1) is 7.11 Å². The summed E-state index contributed by atoms with van der Waals surface area (Å²) in [6.45, 7) is 2.19. The fourth-order valence-corrected chi connectivity index (χ4v) is 2.08.